The summed E-state index contributed by atoms with van der Waals surface area (Å²) in [6.45, 7) is 4.43. The molecule has 0 saturated heterocycles. The number of anilines is 3. The molecule has 0 amide bonds. The molecule has 0 radical (unpaired) electrons. The highest BCUT2D eigenvalue weighted by Crippen LogP contribution is 2.24. The largest absolute Gasteiger partial charge is 0.384 e. The zero-order chi connectivity index (χ0) is 14.5. The van der Waals surface area contributed by atoms with Gasteiger partial charge in [0.05, 0.1) is 6.61 Å². The van der Waals surface area contributed by atoms with Crippen LogP contribution in [0.2, 0.25) is 0 Å². The number of nitrogen functional groups attached to an aromatic ring is 1. The molecule has 106 valence electrons. The van der Waals surface area contributed by atoms with Crippen molar-refractivity contribution in [3.8, 4) is 0 Å². The van der Waals surface area contributed by atoms with Crippen molar-refractivity contribution in [2.75, 3.05) is 24.8 Å². The number of aromatic nitrogens is 2. The van der Waals surface area contributed by atoms with E-state index in [1.54, 1.807) is 7.11 Å². The van der Waals surface area contributed by atoms with Gasteiger partial charge < -0.3 is 15.8 Å². The molecular formula is C15H20N4O. The van der Waals surface area contributed by atoms with Crippen LogP contribution in [0, 0.1) is 13.8 Å². The molecule has 0 bridgehead atoms. The van der Waals surface area contributed by atoms with E-state index < -0.39 is 0 Å². The van der Waals surface area contributed by atoms with Crippen molar-refractivity contribution < 1.29 is 4.74 Å². The second kappa shape index (κ2) is 6.34. The molecule has 2 aromatic rings. The monoisotopic (exact) mass is 272 g/mol. The fourth-order valence-corrected chi connectivity index (χ4v) is 1.97. The molecule has 5 nitrogen and oxygen atoms in total. The predicted molar refractivity (Wildman–Crippen MR) is 81.2 cm³/mol. The molecule has 20 heavy (non-hydrogen) atoms. The molecular weight excluding hydrogens is 252 g/mol. The number of nitrogens with two attached hydrogens (primary N) is 1. The molecule has 5 heteroatoms. The van der Waals surface area contributed by atoms with Crippen LogP contribution in [0.5, 0.6) is 0 Å². The smallest absolute Gasteiger partial charge is 0.139 e. The van der Waals surface area contributed by atoms with E-state index in [2.05, 4.69) is 21.4 Å². The maximum Gasteiger partial charge on any atom is 0.139 e. The number of ether oxygens (including phenoxy) is 1. The molecule has 0 aliphatic rings. The molecule has 2 rings (SSSR count). The lowest BCUT2D eigenvalue weighted by molar-refractivity contribution is 0.202. The Hall–Kier alpha value is -2.14. The summed E-state index contributed by atoms with van der Waals surface area (Å²) in [6.07, 6.45) is 0.846. The van der Waals surface area contributed by atoms with Gasteiger partial charge in [-0.05, 0) is 31.9 Å². The Morgan fingerprint density at radius 1 is 1.20 bits per heavy atom. The topological polar surface area (TPSA) is 73.1 Å². The Balaban J connectivity index is 2.30. The lowest BCUT2D eigenvalue weighted by atomic mass is 10.1. The molecule has 1 aromatic heterocycles. The van der Waals surface area contributed by atoms with Crippen molar-refractivity contribution in [2.45, 2.75) is 20.3 Å². The third-order valence-electron chi connectivity index (χ3n) is 3.14. The van der Waals surface area contributed by atoms with Gasteiger partial charge in [0.2, 0.25) is 0 Å². The number of para-hydroxylation sites is 1. The maximum absolute atomic E-state index is 5.88. The van der Waals surface area contributed by atoms with Crippen LogP contribution in [0.4, 0.5) is 17.3 Å². The second-order valence-electron chi connectivity index (χ2n) is 4.65. The molecule has 0 aliphatic carbocycles. The molecule has 0 atom stereocenters. The second-order valence-corrected chi connectivity index (χ2v) is 4.65. The van der Waals surface area contributed by atoms with Gasteiger partial charge in [-0.15, -0.1) is 0 Å². The van der Waals surface area contributed by atoms with Crippen LogP contribution in [0.1, 0.15) is 17.0 Å². The van der Waals surface area contributed by atoms with Gasteiger partial charge in [0, 0.05) is 18.4 Å². The Bertz CT molecular complexity index is 598. The maximum atomic E-state index is 5.88. The van der Waals surface area contributed by atoms with Gasteiger partial charge >= 0.3 is 0 Å². The number of aryl methyl sites for hydroxylation is 1. The number of rotatable bonds is 5. The van der Waals surface area contributed by atoms with Gasteiger partial charge in [-0.25, -0.2) is 9.97 Å². The fraction of sp³-hybridized carbons (Fsp3) is 0.333. The summed E-state index contributed by atoms with van der Waals surface area (Å²) in [5, 5.41) is 3.34. The average Bonchev–Trinajstić information content (AvgIpc) is 2.43. The normalized spacial score (nSPS) is 10.6. The molecule has 3 N–H and O–H groups in total. The molecule has 0 aliphatic heterocycles. The Morgan fingerprint density at radius 2 is 1.95 bits per heavy atom. The van der Waals surface area contributed by atoms with Gasteiger partial charge in [-0.2, -0.15) is 0 Å². The average molecular weight is 272 g/mol. The van der Waals surface area contributed by atoms with Crippen LogP contribution in [-0.4, -0.2) is 23.7 Å². The van der Waals surface area contributed by atoms with Gasteiger partial charge in [-0.3, -0.25) is 0 Å². The number of benzene rings is 1. The Labute approximate surface area is 119 Å². The summed E-state index contributed by atoms with van der Waals surface area (Å²) in [7, 11) is 1.70. The van der Waals surface area contributed by atoms with E-state index in [4.69, 9.17) is 10.5 Å². The predicted octanol–water partition coefficient (Wildman–Crippen LogP) is 2.61. The van der Waals surface area contributed by atoms with Gasteiger partial charge in [0.15, 0.2) is 0 Å². The number of hydrogen-bond donors (Lipinski definition) is 2. The summed E-state index contributed by atoms with van der Waals surface area (Å²) in [4.78, 5) is 8.57. The Morgan fingerprint density at radius 3 is 2.70 bits per heavy atom. The van der Waals surface area contributed by atoms with Crippen LogP contribution in [0.3, 0.4) is 0 Å². The van der Waals surface area contributed by atoms with E-state index >= 15 is 0 Å². The van der Waals surface area contributed by atoms with Gasteiger partial charge in [0.25, 0.3) is 0 Å². The quantitative estimate of drug-likeness (QED) is 0.875. The fourth-order valence-electron chi connectivity index (χ4n) is 1.97. The number of nitrogens with one attached hydrogen (secondary N) is 1. The summed E-state index contributed by atoms with van der Waals surface area (Å²) in [5.74, 6) is 1.92. The third kappa shape index (κ3) is 3.24. The lowest BCUT2D eigenvalue weighted by Crippen LogP contribution is -2.06. The minimum Gasteiger partial charge on any atom is -0.384 e. The first-order valence-corrected chi connectivity index (χ1v) is 6.56. The number of hydrogen-bond acceptors (Lipinski definition) is 5. The first-order chi connectivity index (χ1) is 9.61. The summed E-state index contributed by atoms with van der Waals surface area (Å²) >= 11 is 0. The molecule has 0 saturated carbocycles. The van der Waals surface area contributed by atoms with Crippen molar-refractivity contribution in [1.29, 1.82) is 0 Å². The van der Waals surface area contributed by atoms with E-state index in [9.17, 15) is 0 Å². The minimum atomic E-state index is 0.509. The van der Waals surface area contributed by atoms with Crippen LogP contribution in [-0.2, 0) is 11.2 Å². The third-order valence-corrected chi connectivity index (χ3v) is 3.14. The van der Waals surface area contributed by atoms with E-state index in [1.807, 2.05) is 32.0 Å². The highest BCUT2D eigenvalue weighted by molar-refractivity contribution is 5.66. The van der Waals surface area contributed by atoms with Crippen molar-refractivity contribution >= 4 is 17.3 Å². The van der Waals surface area contributed by atoms with E-state index in [0.29, 0.717) is 18.2 Å². The van der Waals surface area contributed by atoms with Crippen LogP contribution < -0.4 is 11.1 Å². The highest BCUT2D eigenvalue weighted by Gasteiger charge is 2.09. The van der Waals surface area contributed by atoms with Crippen LogP contribution in [0.25, 0.3) is 0 Å². The van der Waals surface area contributed by atoms with E-state index in [0.717, 1.165) is 23.5 Å². The lowest BCUT2D eigenvalue weighted by Gasteiger charge is -2.14. The summed E-state index contributed by atoms with van der Waals surface area (Å²) in [6, 6.07) is 8.11. The van der Waals surface area contributed by atoms with Crippen molar-refractivity contribution in [3.05, 3.63) is 41.2 Å². The molecule has 0 fully saturated rings. The summed E-state index contributed by atoms with van der Waals surface area (Å²) in [5.41, 5.74) is 8.94. The highest BCUT2D eigenvalue weighted by atomic mass is 16.5. The first-order valence-electron chi connectivity index (χ1n) is 6.56. The zero-order valence-electron chi connectivity index (χ0n) is 12.1. The van der Waals surface area contributed by atoms with Crippen molar-refractivity contribution in [2.24, 2.45) is 0 Å². The van der Waals surface area contributed by atoms with Gasteiger partial charge in [-0.1, -0.05) is 18.2 Å². The molecule has 1 aromatic carbocycles. The number of methoxy groups -OCH3 is 1. The van der Waals surface area contributed by atoms with Crippen LogP contribution in [0.15, 0.2) is 24.3 Å². The van der Waals surface area contributed by atoms with Crippen LogP contribution >= 0.6 is 0 Å². The molecule has 0 spiro atoms. The molecule has 1 heterocycles. The minimum absolute atomic E-state index is 0.509. The standard InChI is InChI=1S/C15H20N4O/c1-10-14(16)17-11(2)18-15(10)19-13-7-5-4-6-12(13)8-9-20-3/h4-7H,8-9H2,1-3H3,(H3,16,17,18,19). The number of nitrogens with zero attached hydrogens (tertiary/aromatic N) is 2. The van der Waals surface area contributed by atoms with Crippen molar-refractivity contribution in [3.63, 3.8) is 0 Å². The van der Waals surface area contributed by atoms with E-state index in [1.165, 1.54) is 5.56 Å². The van der Waals surface area contributed by atoms with E-state index in [-0.39, 0.29) is 0 Å². The summed E-state index contributed by atoms with van der Waals surface area (Å²) < 4.78 is 5.14. The van der Waals surface area contributed by atoms with Gasteiger partial charge in [0.1, 0.15) is 17.5 Å². The SMILES string of the molecule is COCCc1ccccc1Nc1nc(C)nc(N)c1C. The van der Waals surface area contributed by atoms with Crippen molar-refractivity contribution in [1.82, 2.24) is 9.97 Å². The Kier molecular flexibility index (Phi) is 4.53. The molecule has 0 unspecified atom stereocenters. The first kappa shape index (κ1) is 14.3. The zero-order valence-corrected chi connectivity index (χ0v) is 12.1.